The zero-order valence-electron chi connectivity index (χ0n) is 12.9. The Labute approximate surface area is 139 Å². The first-order valence-electron chi connectivity index (χ1n) is 7.68. The molecule has 2 fully saturated rings. The highest BCUT2D eigenvalue weighted by molar-refractivity contribution is 6.32. The largest absolute Gasteiger partial charge is 0.495 e. The van der Waals surface area contributed by atoms with Crippen LogP contribution in [0.1, 0.15) is 42.5 Å². The van der Waals surface area contributed by atoms with Crippen molar-refractivity contribution in [2.24, 2.45) is 5.41 Å². The lowest BCUT2D eigenvalue weighted by Crippen LogP contribution is -2.38. The van der Waals surface area contributed by atoms with E-state index in [1.165, 1.54) is 13.2 Å². The first-order valence-corrected chi connectivity index (χ1v) is 8.06. The number of hydrogen-bond donors (Lipinski definition) is 0. The van der Waals surface area contributed by atoms with Crippen LogP contribution in [0.4, 0.5) is 0 Å². The topological polar surface area (TPSA) is 63.7 Å². The van der Waals surface area contributed by atoms with E-state index in [-0.39, 0.29) is 30.6 Å². The van der Waals surface area contributed by atoms with Gasteiger partial charge in [0.1, 0.15) is 5.75 Å². The Morgan fingerprint density at radius 2 is 2.00 bits per heavy atom. The van der Waals surface area contributed by atoms with Gasteiger partial charge in [-0.1, -0.05) is 24.4 Å². The SMILES string of the molecule is COc1ccc(C(=O)CN2C(=O)CC3(CCCC3)C2=O)cc1Cl. The molecule has 122 valence electrons. The molecule has 1 aliphatic heterocycles. The van der Waals surface area contributed by atoms with Gasteiger partial charge in [-0.2, -0.15) is 0 Å². The molecule has 0 N–H and O–H groups in total. The predicted octanol–water partition coefficient (Wildman–Crippen LogP) is 2.85. The number of methoxy groups -OCH3 is 1. The minimum atomic E-state index is -0.547. The Morgan fingerprint density at radius 1 is 1.30 bits per heavy atom. The molecule has 1 aromatic rings. The first-order chi connectivity index (χ1) is 11.0. The molecule has 1 heterocycles. The number of hydrogen-bond acceptors (Lipinski definition) is 4. The fraction of sp³-hybridized carbons (Fsp3) is 0.471. The molecule has 1 saturated heterocycles. The van der Waals surface area contributed by atoms with Crippen LogP contribution in [0.2, 0.25) is 5.02 Å². The van der Waals surface area contributed by atoms with Crippen LogP contribution < -0.4 is 4.74 Å². The quantitative estimate of drug-likeness (QED) is 0.627. The van der Waals surface area contributed by atoms with Crippen molar-refractivity contribution in [3.8, 4) is 5.75 Å². The number of rotatable bonds is 4. The zero-order chi connectivity index (χ0) is 16.6. The van der Waals surface area contributed by atoms with E-state index in [1.807, 2.05) is 0 Å². The molecule has 0 radical (unpaired) electrons. The van der Waals surface area contributed by atoms with Crippen LogP contribution in [0.15, 0.2) is 18.2 Å². The normalized spacial score (nSPS) is 19.7. The van der Waals surface area contributed by atoms with Gasteiger partial charge < -0.3 is 4.74 Å². The summed E-state index contributed by atoms with van der Waals surface area (Å²) in [7, 11) is 1.49. The number of ketones is 1. The van der Waals surface area contributed by atoms with Crippen LogP contribution in [0.5, 0.6) is 5.75 Å². The monoisotopic (exact) mass is 335 g/mol. The van der Waals surface area contributed by atoms with Gasteiger partial charge in [0, 0.05) is 12.0 Å². The number of nitrogens with zero attached hydrogens (tertiary/aromatic N) is 1. The number of amides is 2. The van der Waals surface area contributed by atoms with Crippen LogP contribution in [0, 0.1) is 5.41 Å². The van der Waals surface area contributed by atoms with Gasteiger partial charge in [0.15, 0.2) is 5.78 Å². The summed E-state index contributed by atoms with van der Waals surface area (Å²) >= 11 is 6.02. The van der Waals surface area contributed by atoms with Crippen molar-refractivity contribution in [2.75, 3.05) is 13.7 Å². The molecular weight excluding hydrogens is 318 g/mol. The van der Waals surface area contributed by atoms with E-state index in [2.05, 4.69) is 0 Å². The van der Waals surface area contributed by atoms with Crippen molar-refractivity contribution in [1.82, 2.24) is 4.90 Å². The molecule has 0 aromatic heterocycles. The summed E-state index contributed by atoms with van der Waals surface area (Å²) in [6, 6.07) is 4.68. The second-order valence-electron chi connectivity index (χ2n) is 6.22. The summed E-state index contributed by atoms with van der Waals surface area (Å²) in [6.45, 7) is -0.220. The van der Waals surface area contributed by atoms with E-state index in [0.717, 1.165) is 30.6 Å². The summed E-state index contributed by atoms with van der Waals surface area (Å²) in [4.78, 5) is 38.3. The number of halogens is 1. The Balaban J connectivity index is 1.76. The van der Waals surface area contributed by atoms with Crippen LogP contribution in [-0.4, -0.2) is 36.2 Å². The maximum absolute atomic E-state index is 12.6. The molecule has 0 atom stereocenters. The molecule has 23 heavy (non-hydrogen) atoms. The summed E-state index contributed by atoms with van der Waals surface area (Å²) in [6.07, 6.45) is 3.67. The van der Waals surface area contributed by atoms with Gasteiger partial charge in [-0.25, -0.2) is 0 Å². The third kappa shape index (κ3) is 2.74. The number of carbonyl (C=O) groups is 3. The number of ether oxygens (including phenoxy) is 1. The van der Waals surface area contributed by atoms with Crippen LogP contribution in [0.25, 0.3) is 0 Å². The molecule has 0 bridgehead atoms. The Morgan fingerprint density at radius 3 is 2.61 bits per heavy atom. The van der Waals surface area contributed by atoms with Crippen molar-refractivity contribution < 1.29 is 19.1 Å². The first kappa shape index (κ1) is 16.0. The molecule has 1 spiro atoms. The van der Waals surface area contributed by atoms with E-state index in [0.29, 0.717) is 16.3 Å². The number of likely N-dealkylation sites (tertiary alicyclic amines) is 1. The highest BCUT2D eigenvalue weighted by atomic mass is 35.5. The maximum atomic E-state index is 12.6. The molecule has 2 amide bonds. The number of benzene rings is 1. The van der Waals surface area contributed by atoms with Crippen molar-refractivity contribution in [3.05, 3.63) is 28.8 Å². The molecule has 2 aliphatic rings. The molecular formula is C17H18ClNO4. The Bertz CT molecular complexity index is 679. The summed E-state index contributed by atoms with van der Waals surface area (Å²) in [5.41, 5.74) is -0.182. The third-order valence-electron chi connectivity index (χ3n) is 4.83. The standard InChI is InChI=1S/C17H18ClNO4/c1-23-14-5-4-11(8-12(14)18)13(20)10-19-15(21)9-17(16(19)22)6-2-3-7-17/h4-5,8H,2-3,6-7,9-10H2,1H3. The molecule has 5 nitrogen and oxygen atoms in total. The number of Topliss-reactive ketones (excluding diaryl/α,β-unsaturated/α-hetero) is 1. The van der Waals surface area contributed by atoms with E-state index in [9.17, 15) is 14.4 Å². The second kappa shape index (κ2) is 5.96. The van der Waals surface area contributed by atoms with Gasteiger partial charge in [0.25, 0.3) is 0 Å². The lowest BCUT2D eigenvalue weighted by atomic mass is 9.84. The average molecular weight is 336 g/mol. The molecule has 6 heteroatoms. The average Bonchev–Trinajstić information content (AvgIpc) is 3.08. The Hall–Kier alpha value is -1.88. The van der Waals surface area contributed by atoms with E-state index in [4.69, 9.17) is 16.3 Å². The van der Waals surface area contributed by atoms with E-state index >= 15 is 0 Å². The molecule has 1 aliphatic carbocycles. The zero-order valence-corrected chi connectivity index (χ0v) is 13.7. The second-order valence-corrected chi connectivity index (χ2v) is 6.63. The minimum Gasteiger partial charge on any atom is -0.495 e. The summed E-state index contributed by atoms with van der Waals surface area (Å²) in [5, 5.41) is 0.324. The number of carbonyl (C=O) groups excluding carboxylic acids is 3. The van der Waals surface area contributed by atoms with Crippen molar-refractivity contribution >= 4 is 29.2 Å². The smallest absolute Gasteiger partial charge is 0.236 e. The van der Waals surface area contributed by atoms with Gasteiger partial charge in [-0.05, 0) is 31.0 Å². The van der Waals surface area contributed by atoms with Crippen molar-refractivity contribution in [2.45, 2.75) is 32.1 Å². The van der Waals surface area contributed by atoms with Crippen molar-refractivity contribution in [1.29, 1.82) is 0 Å². The fourth-order valence-corrected chi connectivity index (χ4v) is 3.79. The van der Waals surface area contributed by atoms with Gasteiger partial charge in [-0.3, -0.25) is 19.3 Å². The summed E-state index contributed by atoms with van der Waals surface area (Å²) in [5.74, 6) is -0.259. The highest BCUT2D eigenvalue weighted by Crippen LogP contribution is 2.46. The van der Waals surface area contributed by atoms with Crippen LogP contribution >= 0.6 is 11.6 Å². The fourth-order valence-electron chi connectivity index (χ4n) is 3.54. The van der Waals surface area contributed by atoms with Crippen LogP contribution in [0.3, 0.4) is 0 Å². The van der Waals surface area contributed by atoms with Crippen molar-refractivity contribution in [3.63, 3.8) is 0 Å². The molecule has 0 unspecified atom stereocenters. The van der Waals surface area contributed by atoms with Gasteiger partial charge >= 0.3 is 0 Å². The predicted molar refractivity (Wildman–Crippen MR) is 84.6 cm³/mol. The van der Waals surface area contributed by atoms with E-state index < -0.39 is 5.41 Å². The van der Waals surface area contributed by atoms with Gasteiger partial charge in [0.2, 0.25) is 11.8 Å². The number of imide groups is 1. The van der Waals surface area contributed by atoms with Gasteiger partial charge in [0.05, 0.1) is 24.1 Å². The molecule has 3 rings (SSSR count). The van der Waals surface area contributed by atoms with Gasteiger partial charge in [-0.15, -0.1) is 0 Å². The maximum Gasteiger partial charge on any atom is 0.236 e. The molecule has 1 saturated carbocycles. The lowest BCUT2D eigenvalue weighted by Gasteiger charge is -2.20. The molecule has 1 aromatic carbocycles. The minimum absolute atomic E-state index is 0.187. The Kier molecular flexibility index (Phi) is 4.15. The highest BCUT2D eigenvalue weighted by Gasteiger charge is 2.52. The van der Waals surface area contributed by atoms with E-state index in [1.54, 1.807) is 12.1 Å². The lowest BCUT2D eigenvalue weighted by molar-refractivity contribution is -0.140. The van der Waals surface area contributed by atoms with Crippen LogP contribution in [-0.2, 0) is 9.59 Å². The summed E-state index contributed by atoms with van der Waals surface area (Å²) < 4.78 is 5.05. The third-order valence-corrected chi connectivity index (χ3v) is 5.12.